The van der Waals surface area contributed by atoms with Crippen LogP contribution in [0.4, 0.5) is 0 Å². The van der Waals surface area contributed by atoms with Gasteiger partial charge in [0.25, 0.3) is 0 Å². The van der Waals surface area contributed by atoms with Gasteiger partial charge in [0, 0.05) is 23.0 Å². The van der Waals surface area contributed by atoms with Crippen LogP contribution in [-0.4, -0.2) is 21.6 Å². The van der Waals surface area contributed by atoms with Crippen molar-refractivity contribution in [2.24, 2.45) is 0 Å². The topological polar surface area (TPSA) is 31.9 Å². The summed E-state index contributed by atoms with van der Waals surface area (Å²) < 4.78 is 0. The molecule has 1 unspecified atom stereocenters. The molecule has 4 rings (SSSR count). The zero-order valence-electron chi connectivity index (χ0n) is 13.8. The number of likely N-dealkylation sites (tertiary alicyclic amines) is 1. The van der Waals surface area contributed by atoms with Gasteiger partial charge < -0.3 is 0 Å². The summed E-state index contributed by atoms with van der Waals surface area (Å²) >= 11 is 1.89. The molecule has 4 heteroatoms. The smallest absolute Gasteiger partial charge is 0.0695 e. The number of rotatable bonds is 4. The van der Waals surface area contributed by atoms with Crippen LogP contribution in [0.5, 0.6) is 0 Å². The van der Waals surface area contributed by atoms with E-state index < -0.39 is 0 Å². The molecule has 1 aromatic carbocycles. The third kappa shape index (κ3) is 3.30. The Morgan fingerprint density at radius 1 is 1.08 bits per heavy atom. The molecule has 1 atom stereocenters. The zero-order chi connectivity index (χ0) is 16.2. The molecule has 0 radical (unpaired) electrons. The maximum Gasteiger partial charge on any atom is 0.0695 e. The molecule has 0 saturated carbocycles. The number of aromatic nitrogens is 2. The number of hydrogen-bond acceptors (Lipinski definition) is 3. The standard InChI is InChI=1S/C20H23N3S/c1-3-8-16(9-4-1)20-17(14-21-22-20)15-23-12-6-2-5-10-18(23)19-11-7-13-24-19/h1,3-4,7-9,11,13-14,18H,2,5-6,10,12,15H2,(H,21,22). The number of benzene rings is 1. The van der Waals surface area contributed by atoms with E-state index in [2.05, 4.69) is 62.9 Å². The summed E-state index contributed by atoms with van der Waals surface area (Å²) in [7, 11) is 0. The monoisotopic (exact) mass is 337 g/mol. The van der Waals surface area contributed by atoms with Gasteiger partial charge in [-0.1, -0.05) is 49.2 Å². The second kappa shape index (κ2) is 7.32. The van der Waals surface area contributed by atoms with Crippen molar-refractivity contribution in [2.75, 3.05) is 6.54 Å². The number of nitrogens with zero attached hydrogens (tertiary/aromatic N) is 2. The molecule has 0 spiro atoms. The lowest BCUT2D eigenvalue weighted by Gasteiger charge is -2.29. The number of H-pyrrole nitrogens is 1. The van der Waals surface area contributed by atoms with E-state index in [0.29, 0.717) is 6.04 Å². The molecule has 1 aliphatic heterocycles. The van der Waals surface area contributed by atoms with Crippen LogP contribution in [0.25, 0.3) is 11.3 Å². The Labute approximate surface area is 147 Å². The molecule has 1 N–H and O–H groups in total. The lowest BCUT2D eigenvalue weighted by atomic mass is 10.1. The molecular formula is C20H23N3S. The first kappa shape index (κ1) is 15.6. The zero-order valence-corrected chi connectivity index (χ0v) is 14.6. The Hall–Kier alpha value is -1.91. The Bertz CT molecular complexity index is 748. The summed E-state index contributed by atoms with van der Waals surface area (Å²) in [5.74, 6) is 0. The Morgan fingerprint density at radius 3 is 2.83 bits per heavy atom. The molecule has 2 aromatic heterocycles. The fraction of sp³-hybridized carbons (Fsp3) is 0.350. The van der Waals surface area contributed by atoms with Crippen molar-refractivity contribution in [1.29, 1.82) is 0 Å². The average molecular weight is 337 g/mol. The normalized spacial score (nSPS) is 19.2. The second-order valence-corrected chi connectivity index (χ2v) is 7.47. The van der Waals surface area contributed by atoms with E-state index in [1.165, 1.54) is 48.2 Å². The van der Waals surface area contributed by atoms with Crippen molar-refractivity contribution in [3.05, 3.63) is 64.5 Å². The highest BCUT2D eigenvalue weighted by Crippen LogP contribution is 2.34. The van der Waals surface area contributed by atoms with Gasteiger partial charge in [0.05, 0.1) is 11.9 Å². The molecule has 0 amide bonds. The van der Waals surface area contributed by atoms with Crippen molar-refractivity contribution in [3.8, 4) is 11.3 Å². The second-order valence-electron chi connectivity index (χ2n) is 6.49. The maximum atomic E-state index is 4.33. The quantitative estimate of drug-likeness (QED) is 0.704. The highest BCUT2D eigenvalue weighted by atomic mass is 32.1. The Morgan fingerprint density at radius 2 is 2.00 bits per heavy atom. The summed E-state index contributed by atoms with van der Waals surface area (Å²) in [6.07, 6.45) is 7.23. The molecule has 3 aromatic rings. The molecule has 1 aliphatic rings. The van der Waals surface area contributed by atoms with Crippen LogP contribution in [0.2, 0.25) is 0 Å². The summed E-state index contributed by atoms with van der Waals surface area (Å²) in [6.45, 7) is 2.13. The van der Waals surface area contributed by atoms with Gasteiger partial charge in [-0.3, -0.25) is 10.00 Å². The SMILES string of the molecule is c1ccc(-c2[nH]ncc2CN2CCCCCC2c2cccs2)cc1. The highest BCUT2D eigenvalue weighted by Gasteiger charge is 2.24. The number of nitrogens with one attached hydrogen (secondary N) is 1. The minimum atomic E-state index is 0.547. The van der Waals surface area contributed by atoms with Gasteiger partial charge in [-0.15, -0.1) is 11.3 Å². The van der Waals surface area contributed by atoms with E-state index in [0.717, 1.165) is 12.2 Å². The van der Waals surface area contributed by atoms with Gasteiger partial charge in [-0.25, -0.2) is 0 Å². The van der Waals surface area contributed by atoms with E-state index >= 15 is 0 Å². The molecule has 3 nitrogen and oxygen atoms in total. The van der Waals surface area contributed by atoms with E-state index in [4.69, 9.17) is 0 Å². The number of hydrogen-bond donors (Lipinski definition) is 1. The van der Waals surface area contributed by atoms with Crippen LogP contribution in [0, 0.1) is 0 Å². The van der Waals surface area contributed by atoms with Crippen molar-refractivity contribution >= 4 is 11.3 Å². The molecule has 24 heavy (non-hydrogen) atoms. The van der Waals surface area contributed by atoms with E-state index in [9.17, 15) is 0 Å². The average Bonchev–Trinajstić information content (AvgIpc) is 3.25. The van der Waals surface area contributed by atoms with E-state index in [1.54, 1.807) is 0 Å². The minimum absolute atomic E-state index is 0.547. The van der Waals surface area contributed by atoms with Gasteiger partial charge >= 0.3 is 0 Å². The van der Waals surface area contributed by atoms with Crippen LogP contribution in [0.1, 0.15) is 42.2 Å². The first-order valence-electron chi connectivity index (χ1n) is 8.77. The van der Waals surface area contributed by atoms with E-state index in [-0.39, 0.29) is 0 Å². The Kier molecular flexibility index (Phi) is 4.76. The van der Waals surface area contributed by atoms with Gasteiger partial charge in [-0.2, -0.15) is 5.10 Å². The van der Waals surface area contributed by atoms with Crippen LogP contribution in [-0.2, 0) is 6.54 Å². The van der Waals surface area contributed by atoms with E-state index in [1.807, 2.05) is 17.5 Å². The van der Waals surface area contributed by atoms with Crippen LogP contribution < -0.4 is 0 Å². The van der Waals surface area contributed by atoms with Crippen LogP contribution >= 0.6 is 11.3 Å². The summed E-state index contributed by atoms with van der Waals surface area (Å²) in [6, 6.07) is 15.5. The summed E-state index contributed by atoms with van der Waals surface area (Å²) in [4.78, 5) is 4.15. The van der Waals surface area contributed by atoms with Crippen molar-refractivity contribution in [3.63, 3.8) is 0 Å². The van der Waals surface area contributed by atoms with Crippen LogP contribution in [0.3, 0.4) is 0 Å². The minimum Gasteiger partial charge on any atom is -0.291 e. The largest absolute Gasteiger partial charge is 0.291 e. The van der Waals surface area contributed by atoms with Crippen molar-refractivity contribution < 1.29 is 0 Å². The summed E-state index contributed by atoms with van der Waals surface area (Å²) in [5.41, 5.74) is 3.67. The molecule has 1 fully saturated rings. The predicted molar refractivity (Wildman–Crippen MR) is 100.0 cm³/mol. The van der Waals surface area contributed by atoms with Crippen molar-refractivity contribution in [1.82, 2.24) is 15.1 Å². The highest BCUT2D eigenvalue weighted by molar-refractivity contribution is 7.10. The third-order valence-corrected chi connectivity index (χ3v) is 5.86. The number of aromatic amines is 1. The maximum absolute atomic E-state index is 4.33. The molecule has 1 saturated heterocycles. The lowest BCUT2D eigenvalue weighted by molar-refractivity contribution is 0.195. The van der Waals surface area contributed by atoms with Gasteiger partial charge in [0.15, 0.2) is 0 Å². The van der Waals surface area contributed by atoms with Crippen molar-refractivity contribution in [2.45, 2.75) is 38.3 Å². The predicted octanol–water partition coefficient (Wildman–Crippen LogP) is 5.26. The molecule has 3 heterocycles. The molecule has 124 valence electrons. The summed E-state index contributed by atoms with van der Waals surface area (Å²) in [5, 5.41) is 9.73. The number of thiophene rings is 1. The molecule has 0 bridgehead atoms. The first-order valence-corrected chi connectivity index (χ1v) is 9.65. The lowest BCUT2D eigenvalue weighted by Crippen LogP contribution is -2.27. The third-order valence-electron chi connectivity index (χ3n) is 4.89. The van der Waals surface area contributed by atoms with Gasteiger partial charge in [-0.05, 0) is 36.4 Å². The molecule has 0 aliphatic carbocycles. The van der Waals surface area contributed by atoms with Crippen LogP contribution in [0.15, 0.2) is 54.0 Å². The molecular weight excluding hydrogens is 314 g/mol. The fourth-order valence-corrected chi connectivity index (χ4v) is 4.56. The fourth-order valence-electron chi connectivity index (χ4n) is 3.66. The van der Waals surface area contributed by atoms with Gasteiger partial charge in [0.1, 0.15) is 0 Å². The van der Waals surface area contributed by atoms with Gasteiger partial charge in [0.2, 0.25) is 0 Å². The first-order chi connectivity index (χ1) is 11.9. The Balaban J connectivity index is 1.60.